The minimum Gasteiger partial charge on any atom is -0.488 e. The van der Waals surface area contributed by atoms with Crippen molar-refractivity contribution in [1.29, 1.82) is 0 Å². The summed E-state index contributed by atoms with van der Waals surface area (Å²) in [7, 11) is 6.11. The fourth-order valence-corrected chi connectivity index (χ4v) is 5.06. The average Bonchev–Trinajstić information content (AvgIpc) is 3.32. The van der Waals surface area contributed by atoms with E-state index in [0.717, 1.165) is 86.6 Å². The Balaban J connectivity index is 1.53. The van der Waals surface area contributed by atoms with Gasteiger partial charge in [0.15, 0.2) is 5.75 Å². The van der Waals surface area contributed by atoms with Gasteiger partial charge in [-0.3, -0.25) is 4.90 Å². The second-order valence-corrected chi connectivity index (χ2v) is 9.15. The molecule has 0 atom stereocenters. The molecule has 3 aromatic carbocycles. The summed E-state index contributed by atoms with van der Waals surface area (Å²) in [6.07, 6.45) is 0. The zero-order valence-corrected chi connectivity index (χ0v) is 18.7. The van der Waals surface area contributed by atoms with Gasteiger partial charge in [0.25, 0.3) is 0 Å². The van der Waals surface area contributed by atoms with Crippen molar-refractivity contribution in [3.63, 3.8) is 0 Å². The smallest absolute Gasteiger partial charge is 0.167 e. The number of benzene rings is 3. The van der Waals surface area contributed by atoms with Gasteiger partial charge in [-0.2, -0.15) is 0 Å². The first kappa shape index (κ1) is 19.2. The Morgan fingerprint density at radius 2 is 1.55 bits per heavy atom. The number of nitrogens with one attached hydrogen (secondary N) is 3. The molecule has 5 aromatic rings. The standard InChI is InChI=1S/C24H22BBrN4O/c25-14-1-3-20-16(11-14)18-13-19-17-12-15(26)2-4-21(17)29-23(19)24(22(18)28-20)31-10-9-30-7-5-27-6-8-30/h1-4,11-13,27-29H,5-10H2. The van der Waals surface area contributed by atoms with Crippen LogP contribution < -0.4 is 15.5 Å². The Labute approximate surface area is 189 Å². The lowest BCUT2D eigenvalue weighted by molar-refractivity contribution is 0.193. The lowest BCUT2D eigenvalue weighted by atomic mass is 9.94. The molecule has 3 N–H and O–H groups in total. The van der Waals surface area contributed by atoms with Gasteiger partial charge in [-0.05, 0) is 30.3 Å². The molecule has 1 fully saturated rings. The molecular formula is C24H22BBrN4O. The maximum atomic E-state index is 6.49. The highest BCUT2D eigenvalue weighted by atomic mass is 79.9. The third-order valence-electron chi connectivity index (χ3n) is 6.27. The molecule has 5 nitrogen and oxygen atoms in total. The number of nitrogens with zero attached hydrogens (tertiary/aromatic N) is 1. The van der Waals surface area contributed by atoms with E-state index < -0.39 is 0 Å². The van der Waals surface area contributed by atoms with E-state index in [1.165, 1.54) is 5.39 Å². The number of piperazine rings is 1. The van der Waals surface area contributed by atoms with E-state index in [2.05, 4.69) is 60.4 Å². The van der Waals surface area contributed by atoms with Gasteiger partial charge >= 0.3 is 0 Å². The summed E-state index contributed by atoms with van der Waals surface area (Å²) >= 11 is 3.62. The molecule has 0 unspecified atom stereocenters. The number of halogens is 1. The Morgan fingerprint density at radius 1 is 0.871 bits per heavy atom. The lowest BCUT2D eigenvalue weighted by Crippen LogP contribution is -2.44. The molecule has 0 aliphatic carbocycles. The predicted octanol–water partition coefficient (Wildman–Crippen LogP) is 3.80. The summed E-state index contributed by atoms with van der Waals surface area (Å²) < 4.78 is 7.55. The van der Waals surface area contributed by atoms with Crippen molar-refractivity contribution in [3.05, 3.63) is 46.9 Å². The van der Waals surface area contributed by atoms with E-state index >= 15 is 0 Å². The molecule has 0 amide bonds. The molecule has 1 aliphatic heterocycles. The maximum Gasteiger partial charge on any atom is 0.167 e. The number of ether oxygens (including phenoxy) is 1. The highest BCUT2D eigenvalue weighted by Crippen LogP contribution is 2.41. The van der Waals surface area contributed by atoms with E-state index in [9.17, 15) is 0 Å². The van der Waals surface area contributed by atoms with Crippen LogP contribution in [0.4, 0.5) is 0 Å². The number of H-pyrrole nitrogens is 2. The van der Waals surface area contributed by atoms with Gasteiger partial charge in [-0.1, -0.05) is 33.5 Å². The summed E-state index contributed by atoms with van der Waals surface area (Å²) in [5.74, 6) is 0.879. The second kappa shape index (κ2) is 7.59. The third kappa shape index (κ3) is 3.32. The quantitative estimate of drug-likeness (QED) is 0.349. The van der Waals surface area contributed by atoms with Crippen LogP contribution >= 0.6 is 15.9 Å². The van der Waals surface area contributed by atoms with Crippen LogP contribution in [0.15, 0.2) is 46.9 Å². The van der Waals surface area contributed by atoms with Gasteiger partial charge in [0, 0.05) is 69.8 Å². The summed E-state index contributed by atoms with van der Waals surface area (Å²) in [5.41, 5.74) is 4.96. The topological polar surface area (TPSA) is 56.1 Å². The van der Waals surface area contributed by atoms with E-state index in [-0.39, 0.29) is 0 Å². The molecule has 7 heteroatoms. The Hall–Kier alpha value is -2.48. The molecule has 0 saturated carbocycles. The number of fused-ring (bicyclic) bond motifs is 6. The number of hydrogen-bond donors (Lipinski definition) is 3. The molecule has 3 heterocycles. The Kier molecular flexibility index (Phi) is 4.71. The average molecular weight is 473 g/mol. The van der Waals surface area contributed by atoms with Crippen LogP contribution in [0, 0.1) is 0 Å². The Bertz CT molecular complexity index is 1340. The van der Waals surface area contributed by atoms with Crippen molar-refractivity contribution in [3.8, 4) is 5.75 Å². The SMILES string of the molecule is [B]c1ccc2[nH]c3c(OCCN4CCNCC4)c4[nH]c5ccc(Br)cc5c4cc3c2c1. The van der Waals surface area contributed by atoms with Crippen molar-refractivity contribution in [2.75, 3.05) is 39.3 Å². The van der Waals surface area contributed by atoms with Crippen molar-refractivity contribution in [2.45, 2.75) is 0 Å². The maximum absolute atomic E-state index is 6.49. The monoisotopic (exact) mass is 472 g/mol. The molecule has 31 heavy (non-hydrogen) atoms. The van der Waals surface area contributed by atoms with Gasteiger partial charge in [0.2, 0.25) is 0 Å². The summed E-state index contributed by atoms with van der Waals surface area (Å²) in [6, 6.07) is 14.6. The summed E-state index contributed by atoms with van der Waals surface area (Å²) in [5, 5.41) is 7.99. The van der Waals surface area contributed by atoms with Crippen molar-refractivity contribution in [1.82, 2.24) is 20.2 Å². The molecule has 6 rings (SSSR count). The molecule has 2 aromatic heterocycles. The summed E-state index contributed by atoms with van der Waals surface area (Å²) in [6.45, 7) is 5.77. The molecule has 1 saturated heterocycles. The fraction of sp³-hybridized carbons (Fsp3) is 0.250. The van der Waals surface area contributed by atoms with Gasteiger partial charge in [0.05, 0.1) is 11.0 Å². The zero-order chi connectivity index (χ0) is 20.9. The van der Waals surface area contributed by atoms with Crippen LogP contribution in [-0.2, 0) is 0 Å². The first-order chi connectivity index (χ1) is 15.2. The van der Waals surface area contributed by atoms with Crippen LogP contribution in [0.3, 0.4) is 0 Å². The van der Waals surface area contributed by atoms with E-state index in [1.54, 1.807) is 0 Å². The predicted molar refractivity (Wildman–Crippen MR) is 133 cm³/mol. The first-order valence-electron chi connectivity index (χ1n) is 10.7. The van der Waals surface area contributed by atoms with Crippen LogP contribution in [0.25, 0.3) is 43.6 Å². The molecule has 154 valence electrons. The first-order valence-corrected chi connectivity index (χ1v) is 11.5. The minimum absolute atomic E-state index is 0.644. The highest BCUT2D eigenvalue weighted by molar-refractivity contribution is 9.10. The third-order valence-corrected chi connectivity index (χ3v) is 6.76. The van der Waals surface area contributed by atoms with Crippen LogP contribution in [0.1, 0.15) is 0 Å². The van der Waals surface area contributed by atoms with Gasteiger partial charge in [0.1, 0.15) is 14.5 Å². The number of aromatic amines is 2. The molecule has 1 aliphatic rings. The normalized spacial score (nSPS) is 15.5. The van der Waals surface area contributed by atoms with E-state index in [0.29, 0.717) is 6.61 Å². The molecule has 2 radical (unpaired) electrons. The highest BCUT2D eigenvalue weighted by Gasteiger charge is 2.18. The Morgan fingerprint density at radius 3 is 2.29 bits per heavy atom. The number of hydrogen-bond acceptors (Lipinski definition) is 3. The zero-order valence-electron chi connectivity index (χ0n) is 17.1. The fourth-order valence-electron chi connectivity index (χ4n) is 4.70. The van der Waals surface area contributed by atoms with Gasteiger partial charge < -0.3 is 20.0 Å². The lowest BCUT2D eigenvalue weighted by Gasteiger charge is -2.27. The van der Waals surface area contributed by atoms with E-state index in [1.807, 2.05) is 18.2 Å². The molecule has 0 spiro atoms. The minimum atomic E-state index is 0.644. The second-order valence-electron chi connectivity index (χ2n) is 8.24. The van der Waals surface area contributed by atoms with Crippen LogP contribution in [0.2, 0.25) is 0 Å². The van der Waals surface area contributed by atoms with Crippen molar-refractivity contribution < 1.29 is 4.74 Å². The summed E-state index contributed by atoms with van der Waals surface area (Å²) in [4.78, 5) is 9.62. The number of rotatable bonds is 4. The number of aromatic nitrogens is 2. The van der Waals surface area contributed by atoms with Crippen molar-refractivity contribution in [2.24, 2.45) is 0 Å². The largest absolute Gasteiger partial charge is 0.488 e. The van der Waals surface area contributed by atoms with Crippen LogP contribution in [-0.4, -0.2) is 62.0 Å². The van der Waals surface area contributed by atoms with Crippen LogP contribution in [0.5, 0.6) is 5.75 Å². The molecule has 0 bridgehead atoms. The molecular weight excluding hydrogens is 451 g/mol. The van der Waals surface area contributed by atoms with E-state index in [4.69, 9.17) is 12.6 Å². The van der Waals surface area contributed by atoms with Gasteiger partial charge in [-0.15, -0.1) is 0 Å². The van der Waals surface area contributed by atoms with Crippen molar-refractivity contribution >= 4 is 72.9 Å². The van der Waals surface area contributed by atoms with Gasteiger partial charge in [-0.25, -0.2) is 0 Å².